The predicted octanol–water partition coefficient (Wildman–Crippen LogP) is 2.63. The molecular weight excluding hydrogens is 348 g/mol. The van der Waals surface area contributed by atoms with Crippen molar-refractivity contribution in [3.8, 4) is 0 Å². The highest BCUT2D eigenvalue weighted by Gasteiger charge is 2.17. The van der Waals surface area contributed by atoms with Crippen LogP contribution < -0.4 is 16.2 Å². The summed E-state index contributed by atoms with van der Waals surface area (Å²) in [7, 11) is 1.78. The first-order chi connectivity index (χ1) is 12.6. The largest absolute Gasteiger partial charge is 0.378 e. The number of nitrogens with zero attached hydrogens (tertiary/aromatic N) is 2. The minimum Gasteiger partial charge on any atom is -0.378 e. The molecule has 0 saturated carbocycles. The standard InChI is InChI=1S/C19H20N4O2S/c1-13-17(19(20-2)26-22-13)18(25)21-11-14-6-8-15(9-7-14)12-23-10-4-3-5-16(23)24/h3-10,20H,11-12H2,1-2H3,(H,21,25). The first-order valence-electron chi connectivity index (χ1n) is 8.24. The molecule has 1 aromatic carbocycles. The lowest BCUT2D eigenvalue weighted by molar-refractivity contribution is 0.0951. The number of hydrogen-bond acceptors (Lipinski definition) is 5. The molecule has 0 aliphatic carbocycles. The van der Waals surface area contributed by atoms with Gasteiger partial charge in [0.2, 0.25) is 0 Å². The van der Waals surface area contributed by atoms with Gasteiger partial charge >= 0.3 is 0 Å². The van der Waals surface area contributed by atoms with E-state index in [1.807, 2.05) is 37.3 Å². The molecule has 0 saturated heterocycles. The number of aromatic nitrogens is 2. The molecule has 134 valence electrons. The fourth-order valence-electron chi connectivity index (χ4n) is 2.63. The third-order valence-corrected chi connectivity index (χ3v) is 5.00. The quantitative estimate of drug-likeness (QED) is 0.701. The number of amides is 1. The van der Waals surface area contributed by atoms with Crippen molar-refractivity contribution in [1.29, 1.82) is 0 Å². The minimum atomic E-state index is -0.138. The highest BCUT2D eigenvalue weighted by Crippen LogP contribution is 2.23. The number of anilines is 1. The van der Waals surface area contributed by atoms with Gasteiger partial charge in [-0.05, 0) is 35.6 Å². The van der Waals surface area contributed by atoms with Crippen molar-refractivity contribution >= 4 is 22.4 Å². The van der Waals surface area contributed by atoms with E-state index in [2.05, 4.69) is 15.0 Å². The third kappa shape index (κ3) is 4.00. The number of aryl methyl sites for hydroxylation is 1. The van der Waals surface area contributed by atoms with Crippen LogP contribution >= 0.6 is 11.5 Å². The summed E-state index contributed by atoms with van der Waals surface area (Å²) in [6.07, 6.45) is 1.77. The number of pyridine rings is 1. The first-order valence-corrected chi connectivity index (χ1v) is 9.01. The maximum Gasteiger partial charge on any atom is 0.256 e. The lowest BCUT2D eigenvalue weighted by Crippen LogP contribution is -2.24. The van der Waals surface area contributed by atoms with Gasteiger partial charge in [-0.15, -0.1) is 0 Å². The number of carbonyl (C=O) groups excluding carboxylic acids is 1. The van der Waals surface area contributed by atoms with Crippen LogP contribution in [0.1, 0.15) is 27.2 Å². The number of rotatable bonds is 6. The number of hydrogen-bond donors (Lipinski definition) is 2. The average Bonchev–Trinajstić information content (AvgIpc) is 3.03. The van der Waals surface area contributed by atoms with Crippen molar-refractivity contribution in [3.05, 3.63) is 81.4 Å². The molecule has 0 spiro atoms. The molecule has 3 rings (SSSR count). The van der Waals surface area contributed by atoms with Gasteiger partial charge in [0.05, 0.1) is 17.8 Å². The SMILES string of the molecule is CNc1snc(C)c1C(=O)NCc1ccc(Cn2ccccc2=O)cc1. The summed E-state index contributed by atoms with van der Waals surface area (Å²) in [6.45, 7) is 2.78. The van der Waals surface area contributed by atoms with Gasteiger partial charge in [-0.25, -0.2) is 0 Å². The Morgan fingerprint density at radius 3 is 2.58 bits per heavy atom. The Morgan fingerprint density at radius 2 is 1.88 bits per heavy atom. The van der Waals surface area contributed by atoms with Gasteiger partial charge in [-0.3, -0.25) is 9.59 Å². The first kappa shape index (κ1) is 17.9. The van der Waals surface area contributed by atoms with Crippen molar-refractivity contribution in [2.75, 3.05) is 12.4 Å². The topological polar surface area (TPSA) is 76.0 Å². The van der Waals surface area contributed by atoms with Crippen LogP contribution in [0.15, 0.2) is 53.5 Å². The number of nitrogens with one attached hydrogen (secondary N) is 2. The third-order valence-electron chi connectivity index (χ3n) is 4.04. The van der Waals surface area contributed by atoms with E-state index >= 15 is 0 Å². The summed E-state index contributed by atoms with van der Waals surface area (Å²) in [5, 5.41) is 6.69. The Balaban J connectivity index is 1.63. The fourth-order valence-corrected chi connectivity index (χ4v) is 3.37. The van der Waals surface area contributed by atoms with E-state index in [9.17, 15) is 9.59 Å². The molecule has 2 N–H and O–H groups in total. The summed E-state index contributed by atoms with van der Waals surface area (Å²) >= 11 is 1.28. The van der Waals surface area contributed by atoms with Gasteiger partial charge in [-0.1, -0.05) is 30.3 Å². The Labute approximate surface area is 155 Å². The van der Waals surface area contributed by atoms with Crippen LogP contribution in [0.2, 0.25) is 0 Å². The Kier molecular flexibility index (Phi) is 5.48. The molecule has 6 nitrogen and oxygen atoms in total. The average molecular weight is 368 g/mol. The van der Waals surface area contributed by atoms with Crippen LogP contribution in [0, 0.1) is 6.92 Å². The molecule has 3 aromatic rings. The second-order valence-corrected chi connectivity index (χ2v) is 6.66. The lowest BCUT2D eigenvalue weighted by atomic mass is 10.1. The summed E-state index contributed by atoms with van der Waals surface area (Å²) < 4.78 is 5.87. The van der Waals surface area contributed by atoms with Crippen molar-refractivity contribution in [2.24, 2.45) is 0 Å². The molecule has 1 amide bonds. The monoisotopic (exact) mass is 368 g/mol. The normalized spacial score (nSPS) is 10.5. The zero-order valence-corrected chi connectivity index (χ0v) is 15.5. The van der Waals surface area contributed by atoms with Gasteiger partial charge in [0.15, 0.2) is 0 Å². The number of carbonyl (C=O) groups is 1. The minimum absolute atomic E-state index is 0.0241. The van der Waals surface area contributed by atoms with Crippen LogP contribution in [-0.4, -0.2) is 21.9 Å². The second-order valence-electron chi connectivity index (χ2n) is 5.89. The zero-order valence-electron chi connectivity index (χ0n) is 14.7. The summed E-state index contributed by atoms with van der Waals surface area (Å²) in [4.78, 5) is 24.2. The van der Waals surface area contributed by atoms with Crippen LogP contribution in [0.4, 0.5) is 5.00 Å². The Bertz CT molecular complexity index is 960. The van der Waals surface area contributed by atoms with E-state index in [-0.39, 0.29) is 11.5 Å². The molecule has 2 heterocycles. The van der Waals surface area contributed by atoms with E-state index in [4.69, 9.17) is 0 Å². The molecule has 0 fully saturated rings. The van der Waals surface area contributed by atoms with Crippen molar-refractivity contribution in [1.82, 2.24) is 14.3 Å². The lowest BCUT2D eigenvalue weighted by Gasteiger charge is -2.08. The molecule has 0 aliphatic rings. The maximum absolute atomic E-state index is 12.4. The van der Waals surface area contributed by atoms with Gasteiger partial charge in [0.25, 0.3) is 11.5 Å². The van der Waals surface area contributed by atoms with Crippen molar-refractivity contribution in [3.63, 3.8) is 0 Å². The highest BCUT2D eigenvalue weighted by molar-refractivity contribution is 7.10. The van der Waals surface area contributed by atoms with Crippen molar-refractivity contribution < 1.29 is 4.79 Å². The number of benzene rings is 1. The van der Waals surface area contributed by atoms with Gasteiger partial charge < -0.3 is 15.2 Å². The summed E-state index contributed by atoms with van der Waals surface area (Å²) in [5.74, 6) is -0.138. The Morgan fingerprint density at radius 1 is 1.15 bits per heavy atom. The van der Waals surface area contributed by atoms with Crippen LogP contribution in [0.25, 0.3) is 0 Å². The predicted molar refractivity (Wildman–Crippen MR) is 104 cm³/mol. The van der Waals surface area contributed by atoms with E-state index in [0.29, 0.717) is 18.7 Å². The molecule has 0 unspecified atom stereocenters. The van der Waals surface area contributed by atoms with Crippen molar-refractivity contribution in [2.45, 2.75) is 20.0 Å². The van der Waals surface area contributed by atoms with E-state index in [1.54, 1.807) is 29.9 Å². The molecule has 2 aromatic heterocycles. The molecule has 0 atom stereocenters. The summed E-state index contributed by atoms with van der Waals surface area (Å²) in [6, 6.07) is 13.0. The molecule has 0 aliphatic heterocycles. The molecule has 26 heavy (non-hydrogen) atoms. The van der Waals surface area contributed by atoms with Crippen LogP contribution in [-0.2, 0) is 13.1 Å². The summed E-state index contributed by atoms with van der Waals surface area (Å²) in [5.41, 5.74) is 3.32. The van der Waals surface area contributed by atoms with Gasteiger partial charge in [0.1, 0.15) is 5.00 Å². The highest BCUT2D eigenvalue weighted by atomic mass is 32.1. The zero-order chi connectivity index (χ0) is 18.5. The van der Waals surface area contributed by atoms with Gasteiger partial charge in [0, 0.05) is 25.9 Å². The van der Waals surface area contributed by atoms with E-state index in [1.165, 1.54) is 11.5 Å². The maximum atomic E-state index is 12.4. The Hall–Kier alpha value is -2.93. The molecule has 7 heteroatoms. The van der Waals surface area contributed by atoms with Crippen LogP contribution in [0.5, 0.6) is 0 Å². The molecule has 0 radical (unpaired) electrons. The fraction of sp³-hybridized carbons (Fsp3) is 0.211. The molecule has 0 bridgehead atoms. The van der Waals surface area contributed by atoms with Crippen LogP contribution in [0.3, 0.4) is 0 Å². The van der Waals surface area contributed by atoms with Gasteiger partial charge in [-0.2, -0.15) is 4.37 Å². The van der Waals surface area contributed by atoms with E-state index in [0.717, 1.165) is 21.8 Å². The molecular formula is C19H20N4O2S. The smallest absolute Gasteiger partial charge is 0.256 e. The van der Waals surface area contributed by atoms with E-state index < -0.39 is 0 Å². The second kappa shape index (κ2) is 7.97.